The molecule has 1 saturated carbocycles. The van der Waals surface area contributed by atoms with E-state index < -0.39 is 0 Å². The summed E-state index contributed by atoms with van der Waals surface area (Å²) in [6, 6.07) is 10.9. The smallest absolute Gasteiger partial charge is 0.252 e. The summed E-state index contributed by atoms with van der Waals surface area (Å²) in [4.78, 5) is 25.1. The number of nitrogens with zero attached hydrogens (tertiary/aromatic N) is 4. The summed E-state index contributed by atoms with van der Waals surface area (Å²) in [7, 11) is 0. The van der Waals surface area contributed by atoms with Gasteiger partial charge in [0.1, 0.15) is 5.82 Å². The second-order valence-electron chi connectivity index (χ2n) is 11.2. The monoisotopic (exact) mass is 523 g/mol. The Bertz CT molecular complexity index is 1020. The number of anilines is 1. The van der Waals surface area contributed by atoms with Crippen molar-refractivity contribution < 1.29 is 4.79 Å². The number of likely N-dealkylation sites (tertiary alicyclic amines) is 1. The highest BCUT2D eigenvalue weighted by Gasteiger charge is 2.28. The van der Waals surface area contributed by atoms with Gasteiger partial charge >= 0.3 is 0 Å². The zero-order valence-corrected chi connectivity index (χ0v) is 23.1. The molecule has 1 aromatic carbocycles. The molecule has 3 heterocycles. The third-order valence-electron chi connectivity index (χ3n) is 8.60. The number of halogens is 1. The third-order valence-corrected chi connectivity index (χ3v) is 8.85. The van der Waals surface area contributed by atoms with E-state index in [4.69, 9.17) is 16.6 Å². The first-order chi connectivity index (χ1) is 18.0. The van der Waals surface area contributed by atoms with Crippen molar-refractivity contribution in [3.8, 4) is 0 Å². The van der Waals surface area contributed by atoms with Crippen LogP contribution in [0.3, 0.4) is 0 Å². The van der Waals surface area contributed by atoms with Gasteiger partial charge in [-0.2, -0.15) is 0 Å². The van der Waals surface area contributed by atoms with Gasteiger partial charge in [0, 0.05) is 56.5 Å². The van der Waals surface area contributed by atoms with E-state index >= 15 is 0 Å². The van der Waals surface area contributed by atoms with Gasteiger partial charge < -0.3 is 10.2 Å². The summed E-state index contributed by atoms with van der Waals surface area (Å²) in [5, 5.41) is 3.95. The van der Waals surface area contributed by atoms with E-state index in [0.717, 1.165) is 68.8 Å². The van der Waals surface area contributed by atoms with Crippen molar-refractivity contribution in [2.45, 2.75) is 64.5 Å². The van der Waals surface area contributed by atoms with Gasteiger partial charge in [-0.15, -0.1) is 0 Å². The number of aryl methyl sites for hydroxylation is 1. The Labute approximate surface area is 227 Å². The van der Waals surface area contributed by atoms with E-state index in [1.807, 2.05) is 18.2 Å². The third kappa shape index (κ3) is 7.04. The molecule has 37 heavy (non-hydrogen) atoms. The van der Waals surface area contributed by atoms with Crippen LogP contribution in [0.2, 0.25) is 5.02 Å². The first-order valence-electron chi connectivity index (χ1n) is 14.3. The van der Waals surface area contributed by atoms with Crippen LogP contribution >= 0.6 is 11.6 Å². The Morgan fingerprint density at radius 1 is 0.973 bits per heavy atom. The van der Waals surface area contributed by atoms with Gasteiger partial charge in [0.15, 0.2) is 0 Å². The molecule has 2 aliphatic heterocycles. The Hall–Kier alpha value is -2.15. The summed E-state index contributed by atoms with van der Waals surface area (Å²) < 4.78 is 0. The van der Waals surface area contributed by atoms with Crippen molar-refractivity contribution in [1.82, 2.24) is 20.1 Å². The van der Waals surface area contributed by atoms with Gasteiger partial charge in [0.05, 0.1) is 5.56 Å². The van der Waals surface area contributed by atoms with Crippen LogP contribution in [0.1, 0.15) is 66.4 Å². The van der Waals surface area contributed by atoms with Gasteiger partial charge in [0.2, 0.25) is 0 Å². The molecular formula is C30H42ClN5O. The van der Waals surface area contributed by atoms with E-state index in [1.165, 1.54) is 50.5 Å². The number of aromatic nitrogens is 1. The van der Waals surface area contributed by atoms with Crippen molar-refractivity contribution in [1.29, 1.82) is 0 Å². The number of amides is 1. The van der Waals surface area contributed by atoms with Crippen LogP contribution in [0.25, 0.3) is 0 Å². The zero-order chi connectivity index (χ0) is 25.6. The van der Waals surface area contributed by atoms with Crippen molar-refractivity contribution in [3.63, 3.8) is 0 Å². The van der Waals surface area contributed by atoms with Crippen LogP contribution < -0.4 is 10.2 Å². The molecular weight excluding hydrogens is 482 g/mol. The number of rotatable bonds is 7. The van der Waals surface area contributed by atoms with Crippen LogP contribution in [0.5, 0.6) is 0 Å². The summed E-state index contributed by atoms with van der Waals surface area (Å²) in [6.45, 7) is 10.3. The molecule has 3 fully saturated rings. The van der Waals surface area contributed by atoms with Gasteiger partial charge in [-0.1, -0.05) is 43.0 Å². The topological polar surface area (TPSA) is 51.7 Å². The molecule has 0 unspecified atom stereocenters. The maximum Gasteiger partial charge on any atom is 0.252 e. The van der Waals surface area contributed by atoms with E-state index in [-0.39, 0.29) is 5.91 Å². The lowest BCUT2D eigenvalue weighted by Gasteiger charge is -2.43. The Morgan fingerprint density at radius 2 is 1.68 bits per heavy atom. The maximum atomic E-state index is 12.7. The molecule has 5 rings (SSSR count). The van der Waals surface area contributed by atoms with Gasteiger partial charge in [0.25, 0.3) is 5.91 Å². The highest BCUT2D eigenvalue weighted by atomic mass is 35.5. The van der Waals surface area contributed by atoms with Crippen molar-refractivity contribution in [2.24, 2.45) is 5.92 Å². The lowest BCUT2D eigenvalue weighted by Crippen LogP contribution is -2.53. The van der Waals surface area contributed by atoms with Gasteiger partial charge in [-0.3, -0.25) is 14.6 Å². The average Bonchev–Trinajstić information content (AvgIpc) is 2.94. The van der Waals surface area contributed by atoms with Gasteiger partial charge in [-0.25, -0.2) is 4.98 Å². The minimum atomic E-state index is 0.0138. The molecule has 7 heteroatoms. The summed E-state index contributed by atoms with van der Waals surface area (Å²) in [5.74, 6) is 1.68. The second kappa shape index (κ2) is 12.6. The Kier molecular flexibility index (Phi) is 9.01. The molecule has 2 aromatic rings. The number of benzene rings is 1. The molecule has 1 aromatic heterocycles. The molecule has 0 spiro atoms. The Balaban J connectivity index is 1.07. The van der Waals surface area contributed by atoms with Crippen molar-refractivity contribution >= 4 is 23.3 Å². The lowest BCUT2D eigenvalue weighted by molar-refractivity contribution is 0.0943. The minimum absolute atomic E-state index is 0.0138. The highest BCUT2D eigenvalue weighted by Crippen LogP contribution is 2.25. The fraction of sp³-hybridized carbons (Fsp3) is 0.600. The summed E-state index contributed by atoms with van der Waals surface area (Å²) >= 11 is 6.03. The van der Waals surface area contributed by atoms with Gasteiger partial charge in [-0.05, 0) is 80.9 Å². The first-order valence-corrected chi connectivity index (χ1v) is 14.6. The number of hydrogen-bond acceptors (Lipinski definition) is 5. The number of piperidine rings is 1. The standard InChI is InChI=1S/C30H42ClN5O/c1-23-19-26(30(37)33-20-24-5-3-2-4-6-24)21-32-29(23)36-17-15-35(16-18-36)28-11-13-34(14-12-28)22-25-7-9-27(31)10-8-25/h7-10,19,21,24,28H,2-6,11-18,20,22H2,1H3,(H,33,37). The fourth-order valence-corrected chi connectivity index (χ4v) is 6.47. The molecule has 3 aliphatic rings. The Morgan fingerprint density at radius 3 is 2.35 bits per heavy atom. The number of pyridine rings is 1. The molecule has 1 aliphatic carbocycles. The zero-order valence-electron chi connectivity index (χ0n) is 22.3. The number of carbonyl (C=O) groups is 1. The fourth-order valence-electron chi connectivity index (χ4n) is 6.34. The minimum Gasteiger partial charge on any atom is -0.354 e. The van der Waals surface area contributed by atoms with Crippen LogP contribution in [0.15, 0.2) is 36.5 Å². The second-order valence-corrected chi connectivity index (χ2v) is 11.7. The van der Waals surface area contributed by atoms with E-state index in [2.05, 4.69) is 39.1 Å². The summed E-state index contributed by atoms with van der Waals surface area (Å²) in [5.41, 5.74) is 3.11. The molecule has 1 N–H and O–H groups in total. The normalized spacial score (nSPS) is 20.8. The van der Waals surface area contributed by atoms with E-state index in [0.29, 0.717) is 17.5 Å². The molecule has 2 saturated heterocycles. The maximum absolute atomic E-state index is 12.7. The number of piperazine rings is 1. The molecule has 6 nitrogen and oxygen atoms in total. The summed E-state index contributed by atoms with van der Waals surface area (Å²) in [6.07, 6.45) is 10.6. The van der Waals surface area contributed by atoms with Crippen LogP contribution in [-0.4, -0.2) is 72.5 Å². The molecule has 1 amide bonds. The largest absolute Gasteiger partial charge is 0.354 e. The number of carbonyl (C=O) groups excluding carboxylic acids is 1. The van der Waals surface area contributed by atoms with E-state index in [1.54, 1.807) is 6.20 Å². The average molecular weight is 524 g/mol. The predicted molar refractivity (Wildman–Crippen MR) is 151 cm³/mol. The van der Waals surface area contributed by atoms with Crippen molar-refractivity contribution in [3.05, 3.63) is 58.2 Å². The molecule has 0 bridgehead atoms. The number of hydrogen-bond donors (Lipinski definition) is 1. The molecule has 0 radical (unpaired) electrons. The van der Waals surface area contributed by atoms with Crippen LogP contribution in [0.4, 0.5) is 5.82 Å². The number of nitrogens with one attached hydrogen (secondary N) is 1. The van der Waals surface area contributed by atoms with Crippen LogP contribution in [-0.2, 0) is 6.54 Å². The predicted octanol–water partition coefficient (Wildman–Crippen LogP) is 5.14. The van der Waals surface area contributed by atoms with Crippen LogP contribution in [0, 0.1) is 12.8 Å². The molecule has 200 valence electrons. The molecule has 0 atom stereocenters. The SMILES string of the molecule is Cc1cc(C(=O)NCC2CCCCC2)cnc1N1CCN(C2CCN(Cc3ccc(Cl)cc3)CC2)CC1. The quantitative estimate of drug-likeness (QED) is 0.544. The highest BCUT2D eigenvalue weighted by molar-refractivity contribution is 6.30. The van der Waals surface area contributed by atoms with Crippen molar-refractivity contribution in [2.75, 3.05) is 50.7 Å². The lowest BCUT2D eigenvalue weighted by atomic mass is 9.89. The first kappa shape index (κ1) is 26.5. The van der Waals surface area contributed by atoms with E-state index in [9.17, 15) is 4.79 Å².